The topological polar surface area (TPSA) is 49.3 Å². The third-order valence-corrected chi connectivity index (χ3v) is 2.26. The molecule has 0 bridgehead atoms. The molecule has 1 rings (SSSR count). The fraction of sp³-hybridized carbons (Fsp3) is 0.417. The Morgan fingerprint density at radius 1 is 1.40 bits per heavy atom. The molecule has 1 atom stereocenters. The van der Waals surface area contributed by atoms with Gasteiger partial charge in [0.05, 0.1) is 6.42 Å². The van der Waals surface area contributed by atoms with Crippen LogP contribution in [0.2, 0.25) is 0 Å². The Morgan fingerprint density at radius 2 is 2.00 bits per heavy atom. The van der Waals surface area contributed by atoms with E-state index < -0.39 is 5.97 Å². The SMILES string of the molecule is Cc1ccc(CNC(C)CC(=O)O)cc1. The quantitative estimate of drug-likeness (QED) is 0.775. The Balaban J connectivity index is 2.36. The molecule has 0 saturated carbocycles. The van der Waals surface area contributed by atoms with E-state index >= 15 is 0 Å². The average molecular weight is 207 g/mol. The van der Waals surface area contributed by atoms with Gasteiger partial charge in [0.1, 0.15) is 0 Å². The van der Waals surface area contributed by atoms with Crippen LogP contribution in [-0.4, -0.2) is 17.1 Å². The molecular formula is C12H17NO2. The van der Waals surface area contributed by atoms with E-state index in [4.69, 9.17) is 5.11 Å². The van der Waals surface area contributed by atoms with Crippen LogP contribution in [0, 0.1) is 6.92 Å². The normalized spacial score (nSPS) is 12.4. The van der Waals surface area contributed by atoms with Gasteiger partial charge in [-0.15, -0.1) is 0 Å². The van der Waals surface area contributed by atoms with E-state index in [1.54, 1.807) is 0 Å². The molecule has 0 fully saturated rings. The van der Waals surface area contributed by atoms with Crippen molar-refractivity contribution < 1.29 is 9.90 Å². The fourth-order valence-corrected chi connectivity index (χ4v) is 1.33. The van der Waals surface area contributed by atoms with Crippen molar-refractivity contribution in [2.24, 2.45) is 0 Å². The summed E-state index contributed by atoms with van der Waals surface area (Å²) < 4.78 is 0. The van der Waals surface area contributed by atoms with E-state index in [1.165, 1.54) is 11.1 Å². The highest BCUT2D eigenvalue weighted by molar-refractivity contribution is 5.67. The van der Waals surface area contributed by atoms with Crippen molar-refractivity contribution in [3.63, 3.8) is 0 Å². The lowest BCUT2D eigenvalue weighted by atomic mass is 10.1. The third-order valence-electron chi connectivity index (χ3n) is 2.26. The highest BCUT2D eigenvalue weighted by Gasteiger charge is 2.06. The molecule has 0 aliphatic carbocycles. The van der Waals surface area contributed by atoms with Gasteiger partial charge in [-0.3, -0.25) is 4.79 Å². The average Bonchev–Trinajstić information content (AvgIpc) is 2.16. The maximum Gasteiger partial charge on any atom is 0.304 e. The standard InChI is InChI=1S/C12H17NO2/c1-9-3-5-11(6-4-9)8-13-10(2)7-12(14)15/h3-6,10,13H,7-8H2,1-2H3,(H,14,15). The summed E-state index contributed by atoms with van der Waals surface area (Å²) in [7, 11) is 0. The second kappa shape index (κ2) is 5.51. The monoisotopic (exact) mass is 207 g/mol. The van der Waals surface area contributed by atoms with Crippen LogP contribution < -0.4 is 5.32 Å². The summed E-state index contributed by atoms with van der Waals surface area (Å²) in [4.78, 5) is 10.4. The van der Waals surface area contributed by atoms with Crippen molar-refractivity contribution in [1.29, 1.82) is 0 Å². The van der Waals surface area contributed by atoms with Gasteiger partial charge in [-0.2, -0.15) is 0 Å². The van der Waals surface area contributed by atoms with E-state index in [1.807, 2.05) is 13.8 Å². The number of benzene rings is 1. The van der Waals surface area contributed by atoms with Crippen molar-refractivity contribution >= 4 is 5.97 Å². The van der Waals surface area contributed by atoms with Gasteiger partial charge < -0.3 is 10.4 Å². The molecule has 1 aromatic rings. The van der Waals surface area contributed by atoms with Crippen LogP contribution in [0.3, 0.4) is 0 Å². The summed E-state index contributed by atoms with van der Waals surface area (Å²) in [5, 5.41) is 11.7. The fourth-order valence-electron chi connectivity index (χ4n) is 1.33. The van der Waals surface area contributed by atoms with Crippen molar-refractivity contribution in [3.8, 4) is 0 Å². The molecule has 2 N–H and O–H groups in total. The molecule has 1 aromatic carbocycles. The smallest absolute Gasteiger partial charge is 0.304 e. The van der Waals surface area contributed by atoms with Gasteiger partial charge in [0.2, 0.25) is 0 Å². The number of hydrogen-bond donors (Lipinski definition) is 2. The Bertz CT molecular complexity index is 319. The van der Waals surface area contributed by atoms with Crippen LogP contribution in [0.5, 0.6) is 0 Å². The Hall–Kier alpha value is -1.35. The zero-order chi connectivity index (χ0) is 11.3. The lowest BCUT2D eigenvalue weighted by Gasteiger charge is -2.11. The molecule has 0 radical (unpaired) electrons. The number of carbonyl (C=O) groups is 1. The van der Waals surface area contributed by atoms with Gasteiger partial charge in [0.25, 0.3) is 0 Å². The third kappa shape index (κ3) is 4.61. The van der Waals surface area contributed by atoms with Gasteiger partial charge in [0, 0.05) is 12.6 Å². The number of aryl methyl sites for hydroxylation is 1. The molecule has 0 aliphatic rings. The lowest BCUT2D eigenvalue weighted by molar-refractivity contribution is -0.137. The van der Waals surface area contributed by atoms with Crippen molar-refractivity contribution in [3.05, 3.63) is 35.4 Å². The Kier molecular flexibility index (Phi) is 4.31. The molecule has 3 nitrogen and oxygen atoms in total. The number of hydrogen-bond acceptors (Lipinski definition) is 2. The van der Waals surface area contributed by atoms with Gasteiger partial charge in [0.15, 0.2) is 0 Å². The second-order valence-electron chi connectivity index (χ2n) is 3.87. The summed E-state index contributed by atoms with van der Waals surface area (Å²) in [5.74, 6) is -0.765. The van der Waals surface area contributed by atoms with Gasteiger partial charge >= 0.3 is 5.97 Å². The van der Waals surface area contributed by atoms with Crippen molar-refractivity contribution in [2.75, 3.05) is 0 Å². The number of aliphatic carboxylic acids is 1. The molecule has 0 spiro atoms. The van der Waals surface area contributed by atoms with Crippen LogP contribution >= 0.6 is 0 Å². The number of carboxylic acids is 1. The van der Waals surface area contributed by atoms with Crippen LogP contribution in [0.1, 0.15) is 24.5 Å². The molecule has 82 valence electrons. The molecular weight excluding hydrogens is 190 g/mol. The van der Waals surface area contributed by atoms with Crippen LogP contribution in [0.15, 0.2) is 24.3 Å². The summed E-state index contributed by atoms with van der Waals surface area (Å²) in [6.45, 7) is 4.64. The predicted molar refractivity (Wildman–Crippen MR) is 59.7 cm³/mol. The minimum absolute atomic E-state index is 0.00352. The molecule has 0 saturated heterocycles. The summed E-state index contributed by atoms with van der Waals surface area (Å²) in [6.07, 6.45) is 0.159. The van der Waals surface area contributed by atoms with Crippen LogP contribution in [-0.2, 0) is 11.3 Å². The van der Waals surface area contributed by atoms with Crippen molar-refractivity contribution in [1.82, 2.24) is 5.32 Å². The number of rotatable bonds is 5. The van der Waals surface area contributed by atoms with Crippen LogP contribution in [0.4, 0.5) is 0 Å². The first-order valence-electron chi connectivity index (χ1n) is 5.08. The Labute approximate surface area is 90.1 Å². The first kappa shape index (κ1) is 11.7. The van der Waals surface area contributed by atoms with E-state index in [2.05, 4.69) is 29.6 Å². The largest absolute Gasteiger partial charge is 0.481 e. The highest BCUT2D eigenvalue weighted by atomic mass is 16.4. The predicted octanol–water partition coefficient (Wildman–Crippen LogP) is 1.95. The minimum atomic E-state index is -0.765. The molecule has 0 amide bonds. The highest BCUT2D eigenvalue weighted by Crippen LogP contribution is 2.03. The molecule has 3 heteroatoms. The summed E-state index contributed by atoms with van der Waals surface area (Å²) in [6, 6.07) is 8.22. The lowest BCUT2D eigenvalue weighted by Crippen LogP contribution is -2.27. The van der Waals surface area contributed by atoms with E-state index in [0.29, 0.717) is 6.54 Å². The first-order valence-corrected chi connectivity index (χ1v) is 5.08. The molecule has 15 heavy (non-hydrogen) atoms. The first-order chi connectivity index (χ1) is 7.08. The zero-order valence-corrected chi connectivity index (χ0v) is 9.16. The van der Waals surface area contributed by atoms with E-state index in [0.717, 1.165) is 0 Å². The van der Waals surface area contributed by atoms with Crippen LogP contribution in [0.25, 0.3) is 0 Å². The Morgan fingerprint density at radius 3 is 2.53 bits per heavy atom. The zero-order valence-electron chi connectivity index (χ0n) is 9.16. The number of carboxylic acid groups (broad SMARTS) is 1. The van der Waals surface area contributed by atoms with E-state index in [9.17, 15) is 4.79 Å². The number of nitrogens with one attached hydrogen (secondary N) is 1. The van der Waals surface area contributed by atoms with Gasteiger partial charge in [-0.05, 0) is 19.4 Å². The summed E-state index contributed by atoms with van der Waals surface area (Å²) in [5.41, 5.74) is 2.41. The molecule has 0 aromatic heterocycles. The summed E-state index contributed by atoms with van der Waals surface area (Å²) >= 11 is 0. The molecule has 1 unspecified atom stereocenters. The minimum Gasteiger partial charge on any atom is -0.481 e. The van der Waals surface area contributed by atoms with Gasteiger partial charge in [-0.25, -0.2) is 0 Å². The second-order valence-corrected chi connectivity index (χ2v) is 3.87. The van der Waals surface area contributed by atoms with E-state index in [-0.39, 0.29) is 12.5 Å². The maximum absolute atomic E-state index is 10.4. The van der Waals surface area contributed by atoms with Crippen molar-refractivity contribution in [2.45, 2.75) is 32.9 Å². The molecule has 0 heterocycles. The maximum atomic E-state index is 10.4. The molecule has 0 aliphatic heterocycles. The van der Waals surface area contributed by atoms with Gasteiger partial charge in [-0.1, -0.05) is 29.8 Å².